The molecule has 2 aliphatic rings. The number of hydrogen-bond acceptors (Lipinski definition) is 5. The fourth-order valence-corrected chi connectivity index (χ4v) is 3.11. The van der Waals surface area contributed by atoms with Crippen LogP contribution in [0.5, 0.6) is 0 Å². The van der Waals surface area contributed by atoms with E-state index >= 15 is 0 Å². The van der Waals surface area contributed by atoms with Gasteiger partial charge in [0.2, 0.25) is 5.91 Å². The number of rotatable bonds is 2. The van der Waals surface area contributed by atoms with Gasteiger partial charge in [-0.3, -0.25) is 4.79 Å². The van der Waals surface area contributed by atoms with Gasteiger partial charge in [0.1, 0.15) is 0 Å². The summed E-state index contributed by atoms with van der Waals surface area (Å²) < 4.78 is 5.36. The Morgan fingerprint density at radius 3 is 3.17 bits per heavy atom. The Morgan fingerprint density at radius 2 is 2.44 bits per heavy atom. The van der Waals surface area contributed by atoms with Gasteiger partial charge in [0.05, 0.1) is 29.7 Å². The molecule has 1 amide bonds. The zero-order valence-corrected chi connectivity index (χ0v) is 11.5. The second-order valence-electron chi connectivity index (χ2n) is 4.37. The summed E-state index contributed by atoms with van der Waals surface area (Å²) in [6, 6.07) is 0. The minimum atomic E-state index is 0. The van der Waals surface area contributed by atoms with E-state index in [4.69, 9.17) is 4.74 Å². The van der Waals surface area contributed by atoms with Gasteiger partial charge in [-0.05, 0) is 13.0 Å². The monoisotopic (exact) mass is 289 g/mol. The first-order chi connectivity index (χ1) is 8.33. The van der Waals surface area contributed by atoms with Crippen LogP contribution in [0.15, 0.2) is 0 Å². The molecule has 2 aliphatic heterocycles. The SMILES string of the molecule is Cl.O=C(Nc1nc2c(s1)COCC2)C1CCNC1. The van der Waals surface area contributed by atoms with Gasteiger partial charge in [0, 0.05) is 13.0 Å². The molecule has 0 bridgehead atoms. The van der Waals surface area contributed by atoms with E-state index in [1.807, 2.05) is 0 Å². The van der Waals surface area contributed by atoms with E-state index < -0.39 is 0 Å². The molecule has 2 N–H and O–H groups in total. The number of amides is 1. The van der Waals surface area contributed by atoms with Crippen LogP contribution < -0.4 is 10.6 Å². The van der Waals surface area contributed by atoms with E-state index in [-0.39, 0.29) is 24.2 Å². The summed E-state index contributed by atoms with van der Waals surface area (Å²) in [5, 5.41) is 6.82. The van der Waals surface area contributed by atoms with Crippen molar-refractivity contribution in [2.45, 2.75) is 19.4 Å². The molecule has 18 heavy (non-hydrogen) atoms. The van der Waals surface area contributed by atoms with Crippen LogP contribution in [-0.4, -0.2) is 30.6 Å². The Kier molecular flexibility index (Phi) is 4.55. The third-order valence-electron chi connectivity index (χ3n) is 3.16. The topological polar surface area (TPSA) is 63.2 Å². The predicted molar refractivity (Wildman–Crippen MR) is 72.3 cm³/mol. The normalized spacial score (nSPS) is 22.1. The lowest BCUT2D eigenvalue weighted by Gasteiger charge is -2.08. The molecule has 0 radical (unpaired) electrons. The lowest BCUT2D eigenvalue weighted by Crippen LogP contribution is -2.24. The minimum Gasteiger partial charge on any atom is -0.375 e. The maximum absolute atomic E-state index is 11.9. The van der Waals surface area contributed by atoms with E-state index in [9.17, 15) is 4.79 Å². The number of anilines is 1. The maximum atomic E-state index is 11.9. The number of ether oxygens (including phenoxy) is 1. The van der Waals surface area contributed by atoms with Crippen LogP contribution in [0.2, 0.25) is 0 Å². The van der Waals surface area contributed by atoms with Gasteiger partial charge in [0.15, 0.2) is 5.13 Å². The molecule has 1 atom stereocenters. The molecule has 3 heterocycles. The lowest BCUT2D eigenvalue weighted by molar-refractivity contribution is -0.119. The van der Waals surface area contributed by atoms with Crippen LogP contribution >= 0.6 is 23.7 Å². The minimum absolute atomic E-state index is 0. The van der Waals surface area contributed by atoms with Crippen molar-refractivity contribution in [2.75, 3.05) is 25.0 Å². The Labute approximate surface area is 116 Å². The lowest BCUT2D eigenvalue weighted by atomic mass is 10.1. The van der Waals surface area contributed by atoms with Gasteiger partial charge in [-0.25, -0.2) is 4.98 Å². The molecule has 7 heteroatoms. The highest BCUT2D eigenvalue weighted by Crippen LogP contribution is 2.27. The molecule has 0 saturated carbocycles. The summed E-state index contributed by atoms with van der Waals surface area (Å²) in [4.78, 5) is 17.5. The smallest absolute Gasteiger partial charge is 0.230 e. The molecule has 1 aromatic rings. The molecule has 100 valence electrons. The fourth-order valence-electron chi connectivity index (χ4n) is 2.16. The number of thiazole rings is 1. The zero-order chi connectivity index (χ0) is 11.7. The average molecular weight is 290 g/mol. The quantitative estimate of drug-likeness (QED) is 0.858. The van der Waals surface area contributed by atoms with Crippen molar-refractivity contribution >= 4 is 34.8 Å². The molecule has 0 aliphatic carbocycles. The van der Waals surface area contributed by atoms with Gasteiger partial charge in [0.25, 0.3) is 0 Å². The Morgan fingerprint density at radius 1 is 1.56 bits per heavy atom. The second kappa shape index (κ2) is 5.97. The van der Waals surface area contributed by atoms with Crippen molar-refractivity contribution in [3.05, 3.63) is 10.6 Å². The van der Waals surface area contributed by atoms with Crippen LogP contribution in [0, 0.1) is 5.92 Å². The van der Waals surface area contributed by atoms with E-state index in [2.05, 4.69) is 15.6 Å². The fraction of sp³-hybridized carbons (Fsp3) is 0.636. The van der Waals surface area contributed by atoms with Crippen LogP contribution in [0.1, 0.15) is 17.0 Å². The predicted octanol–water partition coefficient (Wildman–Crippen LogP) is 1.19. The summed E-state index contributed by atoms with van der Waals surface area (Å²) in [5.41, 5.74) is 1.08. The number of fused-ring (bicyclic) bond motifs is 1. The molecule has 3 rings (SSSR count). The van der Waals surface area contributed by atoms with E-state index in [1.165, 1.54) is 11.3 Å². The van der Waals surface area contributed by atoms with Crippen molar-refractivity contribution in [3.63, 3.8) is 0 Å². The van der Waals surface area contributed by atoms with Gasteiger partial charge in [-0.2, -0.15) is 0 Å². The summed E-state index contributed by atoms with van der Waals surface area (Å²) in [6.07, 6.45) is 1.77. The first kappa shape index (κ1) is 13.7. The number of hydrogen-bond donors (Lipinski definition) is 2. The summed E-state index contributed by atoms with van der Waals surface area (Å²) in [5.74, 6) is 0.175. The first-order valence-electron chi connectivity index (χ1n) is 5.91. The average Bonchev–Trinajstić information content (AvgIpc) is 2.97. The van der Waals surface area contributed by atoms with E-state index in [0.717, 1.165) is 48.2 Å². The molecule has 0 spiro atoms. The van der Waals surface area contributed by atoms with Gasteiger partial charge < -0.3 is 15.4 Å². The number of halogens is 1. The van der Waals surface area contributed by atoms with Gasteiger partial charge >= 0.3 is 0 Å². The van der Waals surface area contributed by atoms with Crippen molar-refractivity contribution in [3.8, 4) is 0 Å². The number of carbonyl (C=O) groups is 1. The highest BCUT2D eigenvalue weighted by molar-refractivity contribution is 7.15. The standard InChI is InChI=1S/C11H15N3O2S.ClH/c15-10(7-1-3-12-5-7)14-11-13-8-2-4-16-6-9(8)17-11;/h7,12H,1-6H2,(H,13,14,15);1H. The molecule has 1 saturated heterocycles. The highest BCUT2D eigenvalue weighted by atomic mass is 35.5. The molecule has 1 fully saturated rings. The Balaban J connectivity index is 0.00000120. The third-order valence-corrected chi connectivity index (χ3v) is 4.14. The highest BCUT2D eigenvalue weighted by Gasteiger charge is 2.24. The van der Waals surface area contributed by atoms with Crippen LogP contribution in [0.4, 0.5) is 5.13 Å². The molecular formula is C11H16ClN3O2S. The third kappa shape index (κ3) is 2.83. The number of carbonyl (C=O) groups excluding carboxylic acids is 1. The van der Waals surface area contributed by atoms with E-state index in [0.29, 0.717) is 6.61 Å². The largest absolute Gasteiger partial charge is 0.375 e. The Bertz CT molecular complexity index is 408. The van der Waals surface area contributed by atoms with Crippen LogP contribution in [-0.2, 0) is 22.6 Å². The molecule has 0 aromatic carbocycles. The number of nitrogens with zero attached hydrogens (tertiary/aromatic N) is 1. The second-order valence-corrected chi connectivity index (χ2v) is 5.45. The van der Waals surface area contributed by atoms with Crippen LogP contribution in [0.3, 0.4) is 0 Å². The van der Waals surface area contributed by atoms with Gasteiger partial charge in [-0.1, -0.05) is 11.3 Å². The van der Waals surface area contributed by atoms with Gasteiger partial charge in [-0.15, -0.1) is 12.4 Å². The molecule has 5 nitrogen and oxygen atoms in total. The summed E-state index contributed by atoms with van der Waals surface area (Å²) in [6.45, 7) is 3.07. The Hall–Kier alpha value is -0.690. The summed E-state index contributed by atoms with van der Waals surface area (Å²) in [7, 11) is 0. The zero-order valence-electron chi connectivity index (χ0n) is 9.90. The van der Waals surface area contributed by atoms with Crippen molar-refractivity contribution in [1.82, 2.24) is 10.3 Å². The maximum Gasteiger partial charge on any atom is 0.230 e. The van der Waals surface area contributed by atoms with Crippen molar-refractivity contribution in [2.24, 2.45) is 5.92 Å². The van der Waals surface area contributed by atoms with Crippen LogP contribution in [0.25, 0.3) is 0 Å². The summed E-state index contributed by atoms with van der Waals surface area (Å²) >= 11 is 1.53. The van der Waals surface area contributed by atoms with Crippen molar-refractivity contribution < 1.29 is 9.53 Å². The van der Waals surface area contributed by atoms with Crippen molar-refractivity contribution in [1.29, 1.82) is 0 Å². The molecule has 1 aromatic heterocycles. The molecule has 1 unspecified atom stereocenters. The number of aromatic nitrogens is 1. The number of nitrogens with one attached hydrogen (secondary N) is 2. The molecular weight excluding hydrogens is 274 g/mol. The van der Waals surface area contributed by atoms with E-state index in [1.54, 1.807) is 0 Å². The first-order valence-corrected chi connectivity index (χ1v) is 6.72.